The molecule has 0 aromatic carbocycles. The number of morpholine rings is 1. The first-order valence-electron chi connectivity index (χ1n) is 6.65. The van der Waals surface area contributed by atoms with Crippen LogP contribution < -0.4 is 4.90 Å². The third kappa shape index (κ3) is 3.31. The van der Waals surface area contributed by atoms with Gasteiger partial charge in [0.25, 0.3) is 0 Å². The zero-order valence-corrected chi connectivity index (χ0v) is 13.9. The average molecular weight is 347 g/mol. The molecule has 1 aliphatic heterocycles. The average Bonchev–Trinajstić information content (AvgIpc) is 3.11. The van der Waals surface area contributed by atoms with Gasteiger partial charge in [-0.1, -0.05) is 27.9 Å². The highest BCUT2D eigenvalue weighted by atomic mass is 35.5. The summed E-state index contributed by atoms with van der Waals surface area (Å²) >= 11 is 8.80. The first-order chi connectivity index (χ1) is 10.3. The standard InChI is InChI=1S/C11H15ClN6OS2/c1-2-18-10(17-3-5-19-6-4-17)14-15-11(18)20-7-8-9(12)21-16-13-8/h2-7H2,1H3. The molecular weight excluding hydrogens is 332 g/mol. The summed E-state index contributed by atoms with van der Waals surface area (Å²) in [4.78, 5) is 2.21. The van der Waals surface area contributed by atoms with Gasteiger partial charge in [-0.15, -0.1) is 15.3 Å². The second kappa shape index (κ2) is 6.91. The normalized spacial score (nSPS) is 15.6. The minimum atomic E-state index is 0.637. The molecule has 3 heterocycles. The van der Waals surface area contributed by atoms with Crippen molar-refractivity contribution in [1.82, 2.24) is 24.4 Å². The Hall–Kier alpha value is -0.900. The summed E-state index contributed by atoms with van der Waals surface area (Å²) in [5.74, 6) is 1.56. The highest BCUT2D eigenvalue weighted by molar-refractivity contribution is 7.98. The van der Waals surface area contributed by atoms with Crippen LogP contribution in [0.3, 0.4) is 0 Å². The molecule has 0 amide bonds. The molecule has 0 unspecified atom stereocenters. The summed E-state index contributed by atoms with van der Waals surface area (Å²) in [6.07, 6.45) is 0. The van der Waals surface area contributed by atoms with Gasteiger partial charge in [-0.25, -0.2) is 0 Å². The van der Waals surface area contributed by atoms with Gasteiger partial charge in [0.05, 0.1) is 13.2 Å². The van der Waals surface area contributed by atoms with E-state index in [9.17, 15) is 0 Å². The molecule has 114 valence electrons. The Balaban J connectivity index is 1.73. The van der Waals surface area contributed by atoms with Crippen molar-refractivity contribution in [1.29, 1.82) is 0 Å². The SMILES string of the molecule is CCn1c(SCc2nnsc2Cl)nnc1N1CCOCC1. The van der Waals surface area contributed by atoms with Gasteiger partial charge in [0.2, 0.25) is 5.95 Å². The Morgan fingerprint density at radius 1 is 1.29 bits per heavy atom. The molecule has 21 heavy (non-hydrogen) atoms. The number of ether oxygens (including phenoxy) is 1. The van der Waals surface area contributed by atoms with Crippen LogP contribution >= 0.6 is 34.9 Å². The van der Waals surface area contributed by atoms with Crippen LogP contribution in [0.1, 0.15) is 12.6 Å². The van der Waals surface area contributed by atoms with Gasteiger partial charge in [-0.05, 0) is 6.92 Å². The number of halogens is 1. The van der Waals surface area contributed by atoms with E-state index in [2.05, 4.69) is 36.2 Å². The number of hydrogen-bond acceptors (Lipinski definition) is 8. The lowest BCUT2D eigenvalue weighted by molar-refractivity contribution is 0.121. The zero-order valence-electron chi connectivity index (χ0n) is 11.5. The number of anilines is 1. The van der Waals surface area contributed by atoms with Crippen LogP contribution in [-0.2, 0) is 17.0 Å². The van der Waals surface area contributed by atoms with Gasteiger partial charge in [0.1, 0.15) is 10.0 Å². The van der Waals surface area contributed by atoms with Gasteiger partial charge >= 0.3 is 0 Å². The maximum Gasteiger partial charge on any atom is 0.228 e. The van der Waals surface area contributed by atoms with E-state index < -0.39 is 0 Å². The number of aromatic nitrogens is 5. The number of hydrogen-bond donors (Lipinski definition) is 0. The zero-order chi connectivity index (χ0) is 14.7. The molecule has 0 N–H and O–H groups in total. The van der Waals surface area contributed by atoms with Crippen LogP contribution in [0.5, 0.6) is 0 Å². The van der Waals surface area contributed by atoms with Crippen molar-refractivity contribution < 1.29 is 4.74 Å². The van der Waals surface area contributed by atoms with Crippen LogP contribution in [0, 0.1) is 0 Å². The Morgan fingerprint density at radius 3 is 2.76 bits per heavy atom. The quantitative estimate of drug-likeness (QED) is 0.766. The van der Waals surface area contributed by atoms with E-state index in [4.69, 9.17) is 16.3 Å². The molecule has 1 fully saturated rings. The van der Waals surface area contributed by atoms with Crippen molar-refractivity contribution in [2.45, 2.75) is 24.4 Å². The highest BCUT2D eigenvalue weighted by Gasteiger charge is 2.20. The minimum absolute atomic E-state index is 0.637. The lowest BCUT2D eigenvalue weighted by Crippen LogP contribution is -2.38. The van der Waals surface area contributed by atoms with E-state index in [1.54, 1.807) is 11.8 Å². The minimum Gasteiger partial charge on any atom is -0.378 e. The Morgan fingerprint density at radius 2 is 2.10 bits per heavy atom. The van der Waals surface area contributed by atoms with Crippen molar-refractivity contribution in [2.24, 2.45) is 0 Å². The summed E-state index contributed by atoms with van der Waals surface area (Å²) in [7, 11) is 0. The maximum absolute atomic E-state index is 6.02. The molecule has 0 radical (unpaired) electrons. The van der Waals surface area contributed by atoms with E-state index in [1.807, 2.05) is 0 Å². The molecule has 7 nitrogen and oxygen atoms in total. The van der Waals surface area contributed by atoms with Crippen molar-refractivity contribution in [3.8, 4) is 0 Å². The van der Waals surface area contributed by atoms with Crippen molar-refractivity contribution in [3.05, 3.63) is 10.0 Å². The van der Waals surface area contributed by atoms with Crippen LogP contribution in [0.15, 0.2) is 5.16 Å². The highest BCUT2D eigenvalue weighted by Crippen LogP contribution is 2.28. The van der Waals surface area contributed by atoms with Gasteiger partial charge in [0, 0.05) is 36.9 Å². The molecule has 2 aromatic rings. The van der Waals surface area contributed by atoms with Crippen LogP contribution in [0.4, 0.5) is 5.95 Å². The lowest BCUT2D eigenvalue weighted by Gasteiger charge is -2.27. The molecule has 1 aliphatic rings. The fraction of sp³-hybridized carbons (Fsp3) is 0.636. The van der Waals surface area contributed by atoms with Gasteiger partial charge in [0.15, 0.2) is 5.16 Å². The summed E-state index contributed by atoms with van der Waals surface area (Å²) in [6, 6.07) is 0. The second-order valence-corrected chi connectivity index (χ2v) is 6.71. The van der Waals surface area contributed by atoms with Gasteiger partial charge in [-0.3, -0.25) is 4.57 Å². The van der Waals surface area contributed by atoms with Gasteiger partial charge < -0.3 is 9.64 Å². The molecule has 2 aromatic heterocycles. The predicted octanol–water partition coefficient (Wildman–Crippen LogP) is 1.93. The van der Waals surface area contributed by atoms with Crippen molar-refractivity contribution >= 4 is 40.8 Å². The molecule has 0 spiro atoms. The maximum atomic E-state index is 6.02. The van der Waals surface area contributed by atoms with Crippen LogP contribution in [0.25, 0.3) is 0 Å². The molecule has 0 saturated carbocycles. The fourth-order valence-electron chi connectivity index (χ4n) is 2.08. The third-order valence-corrected chi connectivity index (χ3v) is 5.12. The summed E-state index contributed by atoms with van der Waals surface area (Å²) in [5.41, 5.74) is 0.797. The third-order valence-electron chi connectivity index (χ3n) is 3.15. The largest absolute Gasteiger partial charge is 0.378 e. The van der Waals surface area contributed by atoms with E-state index >= 15 is 0 Å². The van der Waals surface area contributed by atoms with E-state index in [1.165, 1.54) is 11.5 Å². The topological polar surface area (TPSA) is 69.0 Å². The lowest BCUT2D eigenvalue weighted by atomic mass is 10.4. The summed E-state index contributed by atoms with van der Waals surface area (Å²) in [5, 5.41) is 13.5. The molecule has 10 heteroatoms. The molecule has 0 bridgehead atoms. The van der Waals surface area contributed by atoms with E-state index in [-0.39, 0.29) is 0 Å². The first kappa shape index (κ1) is 15.0. The Bertz CT molecular complexity index is 597. The molecule has 0 aliphatic carbocycles. The molecule has 3 rings (SSSR count). The van der Waals surface area contributed by atoms with E-state index in [0.29, 0.717) is 10.1 Å². The Kier molecular flexibility index (Phi) is 4.94. The van der Waals surface area contributed by atoms with Gasteiger partial charge in [-0.2, -0.15) is 0 Å². The predicted molar refractivity (Wildman–Crippen MR) is 83.2 cm³/mol. The summed E-state index contributed by atoms with van der Waals surface area (Å²) < 4.78 is 12.0. The smallest absolute Gasteiger partial charge is 0.228 e. The molecule has 0 atom stereocenters. The monoisotopic (exact) mass is 346 g/mol. The van der Waals surface area contributed by atoms with Crippen LogP contribution in [-0.4, -0.2) is 50.7 Å². The van der Waals surface area contributed by atoms with E-state index in [0.717, 1.165) is 49.6 Å². The molecular formula is C11H15ClN6OS2. The second-order valence-electron chi connectivity index (χ2n) is 4.41. The van der Waals surface area contributed by atoms with Crippen molar-refractivity contribution in [3.63, 3.8) is 0 Å². The van der Waals surface area contributed by atoms with Crippen molar-refractivity contribution in [2.75, 3.05) is 31.2 Å². The fourth-order valence-corrected chi connectivity index (χ4v) is 3.81. The Labute approximate surface area is 135 Å². The summed E-state index contributed by atoms with van der Waals surface area (Å²) in [6.45, 7) is 6.09. The number of nitrogens with zero attached hydrogens (tertiary/aromatic N) is 6. The first-order valence-corrected chi connectivity index (χ1v) is 8.78. The number of thioether (sulfide) groups is 1. The van der Waals surface area contributed by atoms with Crippen LogP contribution in [0.2, 0.25) is 4.34 Å². The molecule has 1 saturated heterocycles. The number of rotatable bonds is 5.